The molecule has 0 bridgehead atoms. The van der Waals surface area contributed by atoms with E-state index in [-0.39, 0.29) is 5.56 Å². The van der Waals surface area contributed by atoms with E-state index >= 15 is 0 Å². The van der Waals surface area contributed by atoms with Crippen molar-refractivity contribution in [3.8, 4) is 0 Å². The van der Waals surface area contributed by atoms with E-state index in [1.165, 1.54) is 12.8 Å². The Bertz CT molecular complexity index is 490. The van der Waals surface area contributed by atoms with Gasteiger partial charge in [0, 0.05) is 13.0 Å². The molecule has 1 aliphatic carbocycles. The minimum absolute atomic E-state index is 0.118. The van der Waals surface area contributed by atoms with Crippen LogP contribution in [0.5, 0.6) is 0 Å². The Morgan fingerprint density at radius 3 is 2.56 bits per heavy atom. The molecule has 100 valence electrons. The first kappa shape index (κ1) is 13.7. The zero-order chi connectivity index (χ0) is 13.3. The summed E-state index contributed by atoms with van der Waals surface area (Å²) in [5, 5.41) is 0. The third-order valence-electron chi connectivity index (χ3n) is 3.71. The lowest BCUT2D eigenvalue weighted by molar-refractivity contribution is 0.0109. The zero-order valence-electron chi connectivity index (χ0n) is 11.0. The minimum atomic E-state index is -0.576. The van der Waals surface area contributed by atoms with Crippen molar-refractivity contribution in [3.05, 3.63) is 26.3 Å². The van der Waals surface area contributed by atoms with E-state index in [1.54, 1.807) is 7.11 Å². The first-order valence-electron chi connectivity index (χ1n) is 6.31. The summed E-state index contributed by atoms with van der Waals surface area (Å²) >= 11 is 3.37. The van der Waals surface area contributed by atoms with Gasteiger partial charge in [0.15, 0.2) is 0 Å². The summed E-state index contributed by atoms with van der Waals surface area (Å²) in [4.78, 5) is 19.4. The Morgan fingerprint density at radius 2 is 2.00 bits per heavy atom. The minimum Gasteiger partial charge on any atom is -0.371 e. The molecule has 0 aliphatic heterocycles. The second-order valence-electron chi connectivity index (χ2n) is 5.31. The first-order valence-corrected chi connectivity index (χ1v) is 7.10. The fourth-order valence-corrected chi connectivity index (χ4v) is 2.84. The number of nitrogens with one attached hydrogen (secondary N) is 1. The van der Waals surface area contributed by atoms with Crippen molar-refractivity contribution in [1.29, 1.82) is 0 Å². The number of aromatic nitrogens is 2. The molecule has 1 heterocycles. The van der Waals surface area contributed by atoms with Crippen LogP contribution in [-0.4, -0.2) is 17.1 Å². The molecule has 0 aromatic carbocycles. The van der Waals surface area contributed by atoms with Crippen LogP contribution in [0, 0.1) is 0 Å². The van der Waals surface area contributed by atoms with Gasteiger partial charge in [0.2, 0.25) is 0 Å². The molecule has 1 N–H and O–H groups in total. The van der Waals surface area contributed by atoms with Gasteiger partial charge in [-0.1, -0.05) is 12.8 Å². The Balaban J connectivity index is 2.49. The van der Waals surface area contributed by atoms with Crippen molar-refractivity contribution >= 4 is 15.9 Å². The Hall–Kier alpha value is -0.680. The second kappa shape index (κ2) is 5.13. The maximum atomic E-state index is 12.0. The van der Waals surface area contributed by atoms with Gasteiger partial charge in [-0.05, 0) is 42.6 Å². The quantitative estimate of drug-likeness (QED) is 0.932. The molecule has 1 aromatic heterocycles. The van der Waals surface area contributed by atoms with Crippen LogP contribution in [-0.2, 0) is 10.3 Å². The van der Waals surface area contributed by atoms with Gasteiger partial charge in [-0.2, -0.15) is 0 Å². The van der Waals surface area contributed by atoms with Crippen molar-refractivity contribution in [1.82, 2.24) is 9.97 Å². The summed E-state index contributed by atoms with van der Waals surface area (Å²) in [7, 11) is 1.62. The fraction of sp³-hybridized carbons (Fsp3) is 0.692. The van der Waals surface area contributed by atoms with Crippen molar-refractivity contribution < 1.29 is 4.74 Å². The molecule has 4 nitrogen and oxygen atoms in total. The predicted octanol–water partition coefficient (Wildman–Crippen LogP) is 3.07. The first-order chi connectivity index (χ1) is 8.45. The molecule has 5 heteroatoms. The monoisotopic (exact) mass is 314 g/mol. The van der Waals surface area contributed by atoms with Gasteiger partial charge in [0.05, 0.1) is 5.69 Å². The maximum Gasteiger partial charge on any atom is 0.265 e. The normalized spacial score (nSPS) is 17.3. The third-order valence-corrected chi connectivity index (χ3v) is 4.48. The Labute approximate surface area is 115 Å². The molecule has 0 amide bonds. The predicted molar refractivity (Wildman–Crippen MR) is 73.8 cm³/mol. The molecule has 0 atom stereocenters. The number of methoxy groups -OCH3 is 1. The molecular weight excluding hydrogens is 296 g/mol. The molecule has 1 fully saturated rings. The number of halogens is 1. The van der Waals surface area contributed by atoms with Crippen molar-refractivity contribution in [2.45, 2.75) is 51.0 Å². The smallest absolute Gasteiger partial charge is 0.265 e. The maximum absolute atomic E-state index is 12.0. The average molecular weight is 315 g/mol. The molecular formula is C13H19BrN2O2. The third kappa shape index (κ3) is 2.52. The SMILES string of the molecule is COC(C)(C)c1nc(C2CCCC2)c(Br)c(=O)[nH]1. The summed E-state index contributed by atoms with van der Waals surface area (Å²) in [6.45, 7) is 3.80. The van der Waals surface area contributed by atoms with Gasteiger partial charge in [0.25, 0.3) is 5.56 Å². The van der Waals surface area contributed by atoms with Crippen molar-refractivity contribution in [3.63, 3.8) is 0 Å². The second-order valence-corrected chi connectivity index (χ2v) is 6.10. The largest absolute Gasteiger partial charge is 0.371 e. The van der Waals surface area contributed by atoms with Gasteiger partial charge in [-0.15, -0.1) is 0 Å². The van der Waals surface area contributed by atoms with Crippen LogP contribution < -0.4 is 5.56 Å². The Morgan fingerprint density at radius 1 is 1.39 bits per heavy atom. The molecule has 0 unspecified atom stereocenters. The molecule has 0 saturated heterocycles. The highest BCUT2D eigenvalue weighted by atomic mass is 79.9. The van der Waals surface area contributed by atoms with Gasteiger partial charge in [0.1, 0.15) is 15.9 Å². The summed E-state index contributed by atoms with van der Waals surface area (Å²) in [5.74, 6) is 0.994. The van der Waals surface area contributed by atoms with Crippen LogP contribution in [0.2, 0.25) is 0 Å². The standard InChI is InChI=1S/C13H19BrN2O2/c1-13(2,18-3)12-15-10(8-6-4-5-7-8)9(14)11(17)16-12/h8H,4-7H2,1-3H3,(H,15,16,17). The van der Waals surface area contributed by atoms with E-state index in [1.807, 2.05) is 13.8 Å². The molecule has 1 aromatic rings. The molecule has 1 saturated carbocycles. The number of hydrogen-bond acceptors (Lipinski definition) is 3. The van der Waals surface area contributed by atoms with E-state index in [4.69, 9.17) is 4.74 Å². The number of rotatable bonds is 3. The molecule has 18 heavy (non-hydrogen) atoms. The summed E-state index contributed by atoms with van der Waals surface area (Å²) in [6, 6.07) is 0. The number of nitrogens with zero attached hydrogens (tertiary/aromatic N) is 1. The van der Waals surface area contributed by atoms with Crippen molar-refractivity contribution in [2.24, 2.45) is 0 Å². The average Bonchev–Trinajstić information content (AvgIpc) is 2.85. The van der Waals surface area contributed by atoms with Gasteiger partial charge >= 0.3 is 0 Å². The summed E-state index contributed by atoms with van der Waals surface area (Å²) < 4.78 is 5.96. The highest BCUT2D eigenvalue weighted by Gasteiger charge is 2.28. The van der Waals surface area contributed by atoms with Crippen LogP contribution >= 0.6 is 15.9 Å². The zero-order valence-corrected chi connectivity index (χ0v) is 12.6. The molecule has 0 spiro atoms. The number of ether oxygens (including phenoxy) is 1. The van der Waals surface area contributed by atoms with Gasteiger partial charge in [-0.25, -0.2) is 4.98 Å². The van der Waals surface area contributed by atoms with Gasteiger partial charge in [-0.3, -0.25) is 4.79 Å². The lowest BCUT2D eigenvalue weighted by Crippen LogP contribution is -2.28. The van der Waals surface area contributed by atoms with E-state index in [0.717, 1.165) is 18.5 Å². The van der Waals surface area contributed by atoms with Crippen LogP contribution in [0.15, 0.2) is 9.27 Å². The van der Waals surface area contributed by atoms with E-state index in [0.29, 0.717) is 16.2 Å². The lowest BCUT2D eigenvalue weighted by Gasteiger charge is -2.23. The fourth-order valence-electron chi connectivity index (χ4n) is 2.33. The molecule has 0 radical (unpaired) electrons. The van der Waals surface area contributed by atoms with E-state index < -0.39 is 5.60 Å². The Kier molecular flexibility index (Phi) is 3.92. The number of hydrogen-bond donors (Lipinski definition) is 1. The lowest BCUT2D eigenvalue weighted by atomic mass is 10.0. The van der Waals surface area contributed by atoms with Crippen molar-refractivity contribution in [2.75, 3.05) is 7.11 Å². The molecule has 1 aliphatic rings. The summed E-state index contributed by atoms with van der Waals surface area (Å²) in [6.07, 6.45) is 4.66. The number of H-pyrrole nitrogens is 1. The topological polar surface area (TPSA) is 55.0 Å². The molecule has 2 rings (SSSR count). The van der Waals surface area contributed by atoms with E-state index in [9.17, 15) is 4.79 Å². The van der Waals surface area contributed by atoms with Crippen LogP contribution in [0.1, 0.15) is 57.0 Å². The number of aromatic amines is 1. The van der Waals surface area contributed by atoms with E-state index in [2.05, 4.69) is 25.9 Å². The van der Waals surface area contributed by atoms with Gasteiger partial charge < -0.3 is 9.72 Å². The highest BCUT2D eigenvalue weighted by molar-refractivity contribution is 9.10. The van der Waals surface area contributed by atoms with Crippen LogP contribution in [0.4, 0.5) is 0 Å². The highest BCUT2D eigenvalue weighted by Crippen LogP contribution is 2.36. The van der Waals surface area contributed by atoms with Crippen LogP contribution in [0.3, 0.4) is 0 Å². The van der Waals surface area contributed by atoms with Crippen LogP contribution in [0.25, 0.3) is 0 Å². The summed E-state index contributed by atoms with van der Waals surface area (Å²) in [5.41, 5.74) is 0.191.